The Morgan fingerprint density at radius 2 is 1.00 bits per heavy atom. The van der Waals surface area contributed by atoms with Crippen molar-refractivity contribution >= 4 is 58.9 Å². The first kappa shape index (κ1) is 9.70. The number of hydrogen-bond acceptors (Lipinski definition) is 0. The van der Waals surface area contributed by atoms with Gasteiger partial charge < -0.3 is 0 Å². The molecule has 0 aromatic heterocycles. The maximum atomic E-state index is 9.67. The van der Waals surface area contributed by atoms with Gasteiger partial charge in [0.2, 0.25) is 0 Å². The van der Waals surface area contributed by atoms with Crippen LogP contribution in [-0.4, -0.2) is 58.9 Å². The molecular weight excluding hydrogens is 107 g/mol. The van der Waals surface area contributed by atoms with Gasteiger partial charge in [0.1, 0.15) is 0 Å². The first-order valence-corrected chi connectivity index (χ1v) is 0.655. The van der Waals surface area contributed by atoms with Crippen molar-refractivity contribution in [2.75, 3.05) is 0 Å². The zero-order chi connectivity index (χ0) is 3.58. The van der Waals surface area contributed by atoms with Crippen LogP contribution in [0.3, 0.4) is 0 Å². The Bertz CT molecular complexity index is 11.6. The van der Waals surface area contributed by atoms with Gasteiger partial charge in [0.25, 0.3) is 0 Å². The van der Waals surface area contributed by atoms with Crippen molar-refractivity contribution in [1.29, 1.82) is 0 Å². The first-order valence-electron chi connectivity index (χ1n) is 0.655. The van der Waals surface area contributed by atoms with E-state index in [1.54, 1.807) is 0 Å². The van der Waals surface area contributed by atoms with Crippen molar-refractivity contribution < 1.29 is 12.9 Å². The summed E-state index contributed by atoms with van der Waals surface area (Å²) >= 11 is 0. The maximum Gasteiger partial charge on any atom is 0.762 e. The quantitative estimate of drug-likeness (QED) is 0.395. The molecule has 0 spiro atoms. The summed E-state index contributed by atoms with van der Waals surface area (Å²) in [6.45, 7) is 0. The third-order valence-electron chi connectivity index (χ3n) is 0. The van der Waals surface area contributed by atoms with Crippen LogP contribution in [0.2, 0.25) is 0 Å². The fourth-order valence-electron chi connectivity index (χ4n) is 0. The van der Waals surface area contributed by atoms with Crippen LogP contribution in [-0.2, 0) is 0 Å². The summed E-state index contributed by atoms with van der Waals surface area (Å²) in [5.74, 6) is 0. The molecule has 0 nitrogen and oxygen atoms in total. The van der Waals surface area contributed by atoms with E-state index in [4.69, 9.17) is 0 Å². The van der Waals surface area contributed by atoms with Gasteiger partial charge in [-0.2, -0.15) is 0 Å². The molecule has 5 heavy (non-hydrogen) atoms. The number of hydrogen-bond donors (Lipinski definition) is 0. The maximum absolute atomic E-state index is 9.67. The SMILES string of the molecule is FB(F)F.[K]. The van der Waals surface area contributed by atoms with Crippen LogP contribution < -0.4 is 0 Å². The van der Waals surface area contributed by atoms with E-state index in [0.29, 0.717) is 0 Å². The molecule has 25 valence electrons. The molecule has 0 aliphatic heterocycles. The average molecular weight is 107 g/mol. The zero-order valence-electron chi connectivity index (χ0n) is 2.71. The smallest absolute Gasteiger partial charge is 0.254 e. The minimum absolute atomic E-state index is 0. The van der Waals surface area contributed by atoms with Crippen molar-refractivity contribution in [3.8, 4) is 0 Å². The van der Waals surface area contributed by atoms with Crippen LogP contribution in [0, 0.1) is 0 Å². The second-order valence-electron chi connectivity index (χ2n) is 0.247. The predicted molar refractivity (Wildman–Crippen MR) is 14.8 cm³/mol. The van der Waals surface area contributed by atoms with E-state index in [2.05, 4.69) is 0 Å². The Labute approximate surface area is 70.8 Å². The van der Waals surface area contributed by atoms with Gasteiger partial charge in [0, 0.05) is 51.4 Å². The number of rotatable bonds is 0. The molecule has 0 N–H and O–H groups in total. The summed E-state index contributed by atoms with van der Waals surface area (Å²) < 4.78 is 29.0. The van der Waals surface area contributed by atoms with E-state index < -0.39 is 7.54 Å². The van der Waals surface area contributed by atoms with Crippen LogP contribution in [0.15, 0.2) is 0 Å². The fourth-order valence-corrected chi connectivity index (χ4v) is 0. The van der Waals surface area contributed by atoms with Crippen molar-refractivity contribution in [3.05, 3.63) is 0 Å². The molecule has 0 saturated carbocycles. The third-order valence-corrected chi connectivity index (χ3v) is 0. The molecule has 0 amide bonds. The van der Waals surface area contributed by atoms with Gasteiger partial charge in [0.15, 0.2) is 0 Å². The van der Waals surface area contributed by atoms with Crippen molar-refractivity contribution in [2.45, 2.75) is 0 Å². The summed E-state index contributed by atoms with van der Waals surface area (Å²) in [6, 6.07) is 0. The van der Waals surface area contributed by atoms with Crippen molar-refractivity contribution in [2.24, 2.45) is 0 Å². The Morgan fingerprint density at radius 1 is 1.00 bits per heavy atom. The minimum atomic E-state index is -3.67. The summed E-state index contributed by atoms with van der Waals surface area (Å²) in [5.41, 5.74) is 0. The second kappa shape index (κ2) is 5.49. The molecule has 0 saturated heterocycles. The fraction of sp³-hybridized carbons (Fsp3) is 0. The predicted octanol–water partition coefficient (Wildman–Crippen LogP) is 0.499. The van der Waals surface area contributed by atoms with E-state index in [-0.39, 0.29) is 51.4 Å². The van der Waals surface area contributed by atoms with Gasteiger partial charge in [-0.3, -0.25) is 12.9 Å². The first-order chi connectivity index (χ1) is 1.73. The molecule has 0 aliphatic rings. The van der Waals surface area contributed by atoms with Crippen LogP contribution in [0.4, 0.5) is 12.9 Å². The van der Waals surface area contributed by atoms with E-state index >= 15 is 0 Å². The van der Waals surface area contributed by atoms with Crippen LogP contribution >= 0.6 is 0 Å². The van der Waals surface area contributed by atoms with Crippen LogP contribution in [0.5, 0.6) is 0 Å². The molecule has 0 rings (SSSR count). The standard InChI is InChI=1S/BF3.K/c2-1(3)4;. The number of halogens is 3. The van der Waals surface area contributed by atoms with E-state index in [1.807, 2.05) is 0 Å². The molecule has 0 aromatic rings. The molecule has 0 heterocycles. The molecular formula is BF3K. The normalized spacial score (nSPS) is 5.40. The van der Waals surface area contributed by atoms with E-state index in [0.717, 1.165) is 0 Å². The molecule has 0 atom stereocenters. The van der Waals surface area contributed by atoms with Crippen LogP contribution in [0.1, 0.15) is 0 Å². The van der Waals surface area contributed by atoms with Crippen molar-refractivity contribution in [3.63, 3.8) is 0 Å². The zero-order valence-corrected chi connectivity index (χ0v) is 5.83. The van der Waals surface area contributed by atoms with Crippen LogP contribution in [0.25, 0.3) is 0 Å². The van der Waals surface area contributed by atoms with E-state index in [9.17, 15) is 12.9 Å². The monoisotopic (exact) mass is 107 g/mol. The minimum Gasteiger partial charge on any atom is -0.254 e. The Morgan fingerprint density at radius 3 is 1.00 bits per heavy atom. The van der Waals surface area contributed by atoms with Gasteiger partial charge >= 0.3 is 7.54 Å². The molecule has 0 unspecified atom stereocenters. The van der Waals surface area contributed by atoms with E-state index in [1.165, 1.54) is 0 Å². The third kappa shape index (κ3) is 30.1. The van der Waals surface area contributed by atoms with Gasteiger partial charge in [-0.15, -0.1) is 0 Å². The summed E-state index contributed by atoms with van der Waals surface area (Å²) in [5, 5.41) is 0. The Balaban J connectivity index is 0. The second-order valence-corrected chi connectivity index (χ2v) is 0.247. The molecule has 0 aliphatic carbocycles. The molecule has 0 fully saturated rings. The van der Waals surface area contributed by atoms with Gasteiger partial charge in [-0.1, -0.05) is 0 Å². The average Bonchev–Trinajstić information content (AvgIpc) is 0.811. The molecule has 0 bridgehead atoms. The van der Waals surface area contributed by atoms with Gasteiger partial charge in [0.05, 0.1) is 0 Å². The molecule has 1 radical (unpaired) electrons. The summed E-state index contributed by atoms with van der Waals surface area (Å²) in [6.07, 6.45) is 0. The molecule has 5 heteroatoms. The largest absolute Gasteiger partial charge is 0.762 e. The van der Waals surface area contributed by atoms with Crippen molar-refractivity contribution in [1.82, 2.24) is 0 Å². The summed E-state index contributed by atoms with van der Waals surface area (Å²) in [4.78, 5) is 0. The Hall–Kier alpha value is 1.49. The summed E-state index contributed by atoms with van der Waals surface area (Å²) in [7, 11) is -3.67. The Kier molecular flexibility index (Phi) is 10.7. The van der Waals surface area contributed by atoms with Gasteiger partial charge in [-0.25, -0.2) is 0 Å². The topological polar surface area (TPSA) is 0 Å². The molecule has 0 aromatic carbocycles. The van der Waals surface area contributed by atoms with Gasteiger partial charge in [-0.05, 0) is 0 Å².